The molecule has 0 radical (unpaired) electrons. The van der Waals surface area contributed by atoms with Crippen molar-refractivity contribution in [1.82, 2.24) is 9.80 Å². The quantitative estimate of drug-likeness (QED) is 0.797. The predicted molar refractivity (Wildman–Crippen MR) is 80.8 cm³/mol. The van der Waals surface area contributed by atoms with E-state index in [-0.39, 0.29) is 11.8 Å². The van der Waals surface area contributed by atoms with Crippen LogP contribution in [0.4, 0.5) is 0 Å². The van der Waals surface area contributed by atoms with Crippen molar-refractivity contribution in [1.29, 1.82) is 0 Å². The van der Waals surface area contributed by atoms with Gasteiger partial charge in [0, 0.05) is 32.7 Å². The number of hydrogen-bond acceptors (Lipinski definition) is 3. The highest BCUT2D eigenvalue weighted by molar-refractivity contribution is 5.85. The van der Waals surface area contributed by atoms with Crippen LogP contribution in [0.5, 0.6) is 0 Å². The van der Waals surface area contributed by atoms with Crippen molar-refractivity contribution in [2.75, 3.05) is 32.7 Å². The van der Waals surface area contributed by atoms with E-state index < -0.39 is 11.9 Å². The van der Waals surface area contributed by atoms with E-state index in [1.807, 2.05) is 17.1 Å². The fourth-order valence-electron chi connectivity index (χ4n) is 3.26. The fraction of sp³-hybridized carbons (Fsp3) is 0.750. The topological polar surface area (TPSA) is 60.9 Å². The number of carboxylic acids is 1. The number of carbonyl (C=O) groups is 2. The first-order valence-corrected chi connectivity index (χ1v) is 7.88. The smallest absolute Gasteiger partial charge is 0.307 e. The molecule has 2 atom stereocenters. The Kier molecular flexibility index (Phi) is 5.39. The molecule has 0 aromatic heterocycles. The maximum atomic E-state index is 12.6. The van der Waals surface area contributed by atoms with Crippen LogP contribution in [0, 0.1) is 17.8 Å². The summed E-state index contributed by atoms with van der Waals surface area (Å²) in [5.41, 5.74) is 0. The second-order valence-corrected chi connectivity index (χ2v) is 6.51. The average molecular weight is 294 g/mol. The van der Waals surface area contributed by atoms with Crippen molar-refractivity contribution < 1.29 is 14.7 Å². The zero-order valence-corrected chi connectivity index (χ0v) is 13.0. The molecule has 1 aliphatic carbocycles. The van der Waals surface area contributed by atoms with E-state index in [1.54, 1.807) is 0 Å². The zero-order chi connectivity index (χ0) is 15.4. The number of aliphatic carboxylic acids is 1. The molecule has 118 valence electrons. The number of piperazine rings is 1. The van der Waals surface area contributed by atoms with Crippen molar-refractivity contribution in [3.05, 3.63) is 12.2 Å². The highest BCUT2D eigenvalue weighted by atomic mass is 16.4. The van der Waals surface area contributed by atoms with Crippen LogP contribution in [0.15, 0.2) is 12.2 Å². The number of nitrogens with zero attached hydrogens (tertiary/aromatic N) is 2. The van der Waals surface area contributed by atoms with E-state index in [0.29, 0.717) is 18.8 Å². The molecule has 1 heterocycles. The molecule has 2 unspecified atom stereocenters. The Hall–Kier alpha value is -1.36. The molecular weight excluding hydrogens is 268 g/mol. The number of carbonyl (C=O) groups excluding carboxylic acids is 1. The van der Waals surface area contributed by atoms with Crippen LogP contribution in [0.2, 0.25) is 0 Å². The molecule has 2 aliphatic rings. The van der Waals surface area contributed by atoms with Gasteiger partial charge in [0.05, 0.1) is 11.8 Å². The first kappa shape index (κ1) is 16.0. The number of amides is 1. The van der Waals surface area contributed by atoms with Gasteiger partial charge >= 0.3 is 5.97 Å². The van der Waals surface area contributed by atoms with Crippen molar-refractivity contribution in [2.45, 2.75) is 26.7 Å². The fourth-order valence-corrected chi connectivity index (χ4v) is 3.26. The second kappa shape index (κ2) is 7.07. The third-order valence-electron chi connectivity index (χ3n) is 4.37. The largest absolute Gasteiger partial charge is 0.481 e. The van der Waals surface area contributed by atoms with Crippen molar-refractivity contribution in [2.24, 2.45) is 17.8 Å². The summed E-state index contributed by atoms with van der Waals surface area (Å²) < 4.78 is 0. The van der Waals surface area contributed by atoms with Crippen molar-refractivity contribution in [3.63, 3.8) is 0 Å². The standard InChI is InChI=1S/C16H26N2O3/c1-12(2)11-17-7-9-18(10-8-17)15(19)13-5-3-4-6-14(13)16(20)21/h3-4,12-14H,5-11H2,1-2H3,(H,20,21). The molecule has 1 amide bonds. The Labute approximate surface area is 126 Å². The van der Waals surface area contributed by atoms with Crippen LogP contribution in [0.25, 0.3) is 0 Å². The lowest BCUT2D eigenvalue weighted by Crippen LogP contribution is -2.52. The first-order chi connectivity index (χ1) is 9.99. The number of allylic oxidation sites excluding steroid dienone is 2. The van der Waals surface area contributed by atoms with Gasteiger partial charge in [-0.25, -0.2) is 0 Å². The Morgan fingerprint density at radius 1 is 1.10 bits per heavy atom. The minimum atomic E-state index is -0.851. The monoisotopic (exact) mass is 294 g/mol. The lowest BCUT2D eigenvalue weighted by Gasteiger charge is -2.38. The van der Waals surface area contributed by atoms with E-state index >= 15 is 0 Å². The summed E-state index contributed by atoms with van der Waals surface area (Å²) in [5.74, 6) is -1.14. The van der Waals surface area contributed by atoms with Gasteiger partial charge in [-0.3, -0.25) is 14.5 Å². The summed E-state index contributed by atoms with van der Waals surface area (Å²) in [7, 11) is 0. The van der Waals surface area contributed by atoms with E-state index in [0.717, 1.165) is 32.7 Å². The van der Waals surface area contributed by atoms with Gasteiger partial charge in [-0.1, -0.05) is 26.0 Å². The molecule has 1 saturated heterocycles. The van der Waals surface area contributed by atoms with Crippen molar-refractivity contribution >= 4 is 11.9 Å². The van der Waals surface area contributed by atoms with Gasteiger partial charge in [0.1, 0.15) is 0 Å². The molecule has 21 heavy (non-hydrogen) atoms. The van der Waals surface area contributed by atoms with Gasteiger partial charge in [-0.05, 0) is 18.8 Å². The predicted octanol–water partition coefficient (Wildman–Crippen LogP) is 1.45. The van der Waals surface area contributed by atoms with Gasteiger partial charge in [0.15, 0.2) is 0 Å². The number of rotatable bonds is 4. The van der Waals surface area contributed by atoms with Crippen LogP contribution in [0.1, 0.15) is 26.7 Å². The second-order valence-electron chi connectivity index (χ2n) is 6.51. The molecule has 1 aliphatic heterocycles. The average Bonchev–Trinajstić information content (AvgIpc) is 2.46. The lowest BCUT2D eigenvalue weighted by molar-refractivity contribution is -0.151. The summed E-state index contributed by atoms with van der Waals surface area (Å²) in [6.45, 7) is 8.68. The van der Waals surface area contributed by atoms with Crippen LogP contribution in [-0.2, 0) is 9.59 Å². The van der Waals surface area contributed by atoms with Crippen LogP contribution < -0.4 is 0 Å². The molecule has 5 heteroatoms. The third-order valence-corrected chi connectivity index (χ3v) is 4.37. The van der Waals surface area contributed by atoms with Gasteiger partial charge in [-0.2, -0.15) is 0 Å². The number of hydrogen-bond donors (Lipinski definition) is 1. The molecular formula is C16H26N2O3. The summed E-state index contributed by atoms with van der Waals surface area (Å²) in [6.07, 6.45) is 4.85. The minimum Gasteiger partial charge on any atom is -0.481 e. The van der Waals surface area contributed by atoms with Gasteiger partial charge in [-0.15, -0.1) is 0 Å². The normalized spacial score (nSPS) is 27.1. The highest BCUT2D eigenvalue weighted by Crippen LogP contribution is 2.28. The lowest BCUT2D eigenvalue weighted by atomic mass is 9.82. The maximum absolute atomic E-state index is 12.6. The molecule has 2 rings (SSSR count). The van der Waals surface area contributed by atoms with Crippen LogP contribution in [0.3, 0.4) is 0 Å². The van der Waals surface area contributed by atoms with E-state index in [9.17, 15) is 14.7 Å². The Balaban J connectivity index is 1.92. The van der Waals surface area contributed by atoms with E-state index in [4.69, 9.17) is 0 Å². The third kappa shape index (κ3) is 4.06. The molecule has 5 nitrogen and oxygen atoms in total. The van der Waals surface area contributed by atoms with Crippen LogP contribution >= 0.6 is 0 Å². The molecule has 0 aromatic carbocycles. The van der Waals surface area contributed by atoms with Crippen molar-refractivity contribution in [3.8, 4) is 0 Å². The van der Waals surface area contributed by atoms with E-state index in [2.05, 4.69) is 18.7 Å². The van der Waals surface area contributed by atoms with Gasteiger partial charge < -0.3 is 10.0 Å². The molecule has 0 bridgehead atoms. The summed E-state index contributed by atoms with van der Waals surface area (Å²) in [6, 6.07) is 0. The molecule has 0 spiro atoms. The van der Waals surface area contributed by atoms with E-state index in [1.165, 1.54) is 0 Å². The summed E-state index contributed by atoms with van der Waals surface area (Å²) >= 11 is 0. The maximum Gasteiger partial charge on any atom is 0.307 e. The van der Waals surface area contributed by atoms with Gasteiger partial charge in [0.2, 0.25) is 5.91 Å². The first-order valence-electron chi connectivity index (χ1n) is 7.88. The zero-order valence-electron chi connectivity index (χ0n) is 13.0. The van der Waals surface area contributed by atoms with Crippen LogP contribution in [-0.4, -0.2) is 59.5 Å². The SMILES string of the molecule is CC(C)CN1CCN(C(=O)C2CC=CCC2C(=O)O)CC1. The Morgan fingerprint density at radius 3 is 2.19 bits per heavy atom. The highest BCUT2D eigenvalue weighted by Gasteiger charge is 2.37. The number of carboxylic acid groups (broad SMARTS) is 1. The molecule has 0 aromatic rings. The Bertz CT molecular complexity index is 412. The molecule has 1 N–H and O–H groups in total. The van der Waals surface area contributed by atoms with Gasteiger partial charge in [0.25, 0.3) is 0 Å². The Morgan fingerprint density at radius 2 is 1.67 bits per heavy atom. The minimum absolute atomic E-state index is 0.0240. The molecule has 0 saturated carbocycles. The summed E-state index contributed by atoms with van der Waals surface area (Å²) in [4.78, 5) is 28.2. The summed E-state index contributed by atoms with van der Waals surface area (Å²) in [5, 5.41) is 9.28. The molecule has 1 fully saturated rings.